The molecule has 1 atom stereocenters. The average molecular weight is 325 g/mol. The predicted octanol–water partition coefficient (Wildman–Crippen LogP) is 2.58. The van der Waals surface area contributed by atoms with Gasteiger partial charge in [-0.1, -0.05) is 36.8 Å². The van der Waals surface area contributed by atoms with Gasteiger partial charge < -0.3 is 10.6 Å². The first-order valence-corrected chi connectivity index (χ1v) is 7.51. The molecule has 2 N–H and O–H groups in total. The van der Waals surface area contributed by atoms with Crippen LogP contribution < -0.4 is 5.73 Å². The summed E-state index contributed by atoms with van der Waals surface area (Å²) in [5.74, 6) is 0.0942. The van der Waals surface area contributed by atoms with Crippen LogP contribution in [0.25, 0.3) is 0 Å². The molecule has 0 radical (unpaired) electrons. The number of amides is 1. The van der Waals surface area contributed by atoms with Crippen molar-refractivity contribution in [1.29, 1.82) is 0 Å². The van der Waals surface area contributed by atoms with E-state index < -0.39 is 0 Å². The molecule has 0 spiro atoms. The highest BCUT2D eigenvalue weighted by Gasteiger charge is 2.34. The van der Waals surface area contributed by atoms with Crippen LogP contribution in [0.15, 0.2) is 24.3 Å². The van der Waals surface area contributed by atoms with Crippen molar-refractivity contribution in [3.8, 4) is 0 Å². The maximum absolute atomic E-state index is 12.2. The van der Waals surface area contributed by atoms with Gasteiger partial charge in [0, 0.05) is 31.5 Å². The van der Waals surface area contributed by atoms with Crippen LogP contribution in [0.2, 0.25) is 0 Å². The van der Waals surface area contributed by atoms with Crippen LogP contribution in [0.4, 0.5) is 0 Å². The molecule has 22 heavy (non-hydrogen) atoms. The van der Waals surface area contributed by atoms with E-state index in [0.717, 1.165) is 18.5 Å². The lowest BCUT2D eigenvalue weighted by Crippen LogP contribution is -2.34. The van der Waals surface area contributed by atoms with Crippen LogP contribution in [-0.4, -0.2) is 36.2 Å². The smallest absolute Gasteiger partial charge is 0.223 e. The minimum atomic E-state index is 0. The molecule has 1 aliphatic heterocycles. The fourth-order valence-corrected chi connectivity index (χ4v) is 2.67. The van der Waals surface area contributed by atoms with Crippen LogP contribution >= 0.6 is 12.4 Å². The zero-order valence-electron chi connectivity index (χ0n) is 13.3. The van der Waals surface area contributed by atoms with Crippen molar-refractivity contribution in [2.75, 3.05) is 19.6 Å². The number of carbonyl (C=O) groups excluding carboxylic acids is 2. The Hall–Kier alpha value is -1.39. The lowest BCUT2D eigenvalue weighted by molar-refractivity contribution is -0.130. The molecular formula is C17H25ClN2O2. The summed E-state index contributed by atoms with van der Waals surface area (Å²) in [6.07, 6.45) is 1.51. The van der Waals surface area contributed by atoms with Crippen LogP contribution in [0.3, 0.4) is 0 Å². The third kappa shape index (κ3) is 4.55. The average Bonchev–Trinajstić information content (AvgIpc) is 2.88. The first-order chi connectivity index (χ1) is 9.93. The fourth-order valence-electron chi connectivity index (χ4n) is 2.67. The van der Waals surface area contributed by atoms with E-state index in [1.54, 1.807) is 0 Å². The van der Waals surface area contributed by atoms with E-state index in [1.165, 1.54) is 0 Å². The molecule has 0 aromatic heterocycles. The number of benzene rings is 1. The SMILES string of the molecule is Cc1ccc(C(=O)CCC(=O)N2CCC(C)(CN)C2)cc1.Cl. The molecule has 1 aliphatic rings. The lowest BCUT2D eigenvalue weighted by atomic mass is 9.90. The monoisotopic (exact) mass is 324 g/mol. The summed E-state index contributed by atoms with van der Waals surface area (Å²) in [7, 11) is 0. The minimum absolute atomic E-state index is 0. The highest BCUT2D eigenvalue weighted by molar-refractivity contribution is 5.98. The van der Waals surface area contributed by atoms with Gasteiger partial charge in [-0.2, -0.15) is 0 Å². The maximum Gasteiger partial charge on any atom is 0.223 e. The van der Waals surface area contributed by atoms with Gasteiger partial charge in [0.2, 0.25) is 5.91 Å². The van der Waals surface area contributed by atoms with Crippen molar-refractivity contribution >= 4 is 24.1 Å². The molecule has 1 aromatic rings. The zero-order chi connectivity index (χ0) is 15.5. The molecule has 1 saturated heterocycles. The third-order valence-electron chi connectivity index (χ3n) is 4.34. The molecule has 1 amide bonds. The summed E-state index contributed by atoms with van der Waals surface area (Å²) >= 11 is 0. The molecule has 4 nitrogen and oxygen atoms in total. The van der Waals surface area contributed by atoms with Crippen molar-refractivity contribution in [3.63, 3.8) is 0 Å². The summed E-state index contributed by atoms with van der Waals surface area (Å²) < 4.78 is 0. The van der Waals surface area contributed by atoms with Gasteiger partial charge in [-0.05, 0) is 25.3 Å². The van der Waals surface area contributed by atoms with E-state index in [9.17, 15) is 9.59 Å². The largest absolute Gasteiger partial charge is 0.342 e. The Kier molecular flexibility index (Phi) is 6.57. The summed E-state index contributed by atoms with van der Waals surface area (Å²) in [4.78, 5) is 26.1. The highest BCUT2D eigenvalue weighted by Crippen LogP contribution is 2.28. The van der Waals surface area contributed by atoms with Crippen LogP contribution in [0.1, 0.15) is 42.1 Å². The van der Waals surface area contributed by atoms with Crippen molar-refractivity contribution < 1.29 is 9.59 Å². The first kappa shape index (κ1) is 18.7. The molecule has 1 heterocycles. The first-order valence-electron chi connectivity index (χ1n) is 7.51. The zero-order valence-corrected chi connectivity index (χ0v) is 14.1. The number of rotatable bonds is 5. The van der Waals surface area contributed by atoms with Crippen LogP contribution in [0, 0.1) is 12.3 Å². The van der Waals surface area contributed by atoms with Crippen LogP contribution in [-0.2, 0) is 4.79 Å². The van der Waals surface area contributed by atoms with E-state index in [1.807, 2.05) is 36.1 Å². The number of Topliss-reactive ketones (excluding diaryl/α,β-unsaturated/α-hetero) is 1. The quantitative estimate of drug-likeness (QED) is 0.847. The van der Waals surface area contributed by atoms with E-state index in [4.69, 9.17) is 5.73 Å². The molecule has 1 fully saturated rings. The number of aryl methyl sites for hydroxylation is 1. The number of nitrogens with zero attached hydrogens (tertiary/aromatic N) is 1. The second-order valence-corrected chi connectivity index (χ2v) is 6.37. The van der Waals surface area contributed by atoms with Gasteiger partial charge in [0.15, 0.2) is 5.78 Å². The topological polar surface area (TPSA) is 63.4 Å². The molecule has 5 heteroatoms. The van der Waals surface area contributed by atoms with E-state index in [0.29, 0.717) is 18.7 Å². The second-order valence-electron chi connectivity index (χ2n) is 6.37. The normalized spacial score (nSPS) is 20.6. The number of halogens is 1. The molecule has 0 aliphatic carbocycles. The predicted molar refractivity (Wildman–Crippen MR) is 90.3 cm³/mol. The van der Waals surface area contributed by atoms with Gasteiger partial charge in [-0.15, -0.1) is 12.4 Å². The van der Waals surface area contributed by atoms with Gasteiger partial charge in [0.25, 0.3) is 0 Å². The Balaban J connectivity index is 0.00000242. The summed E-state index contributed by atoms with van der Waals surface area (Å²) in [6.45, 7) is 6.16. The number of carbonyl (C=O) groups is 2. The summed E-state index contributed by atoms with van der Waals surface area (Å²) in [6, 6.07) is 7.48. The Labute approximate surface area is 138 Å². The van der Waals surface area contributed by atoms with E-state index >= 15 is 0 Å². The van der Waals surface area contributed by atoms with Gasteiger partial charge >= 0.3 is 0 Å². The fraction of sp³-hybridized carbons (Fsp3) is 0.529. The Morgan fingerprint density at radius 2 is 1.86 bits per heavy atom. The van der Waals surface area contributed by atoms with Gasteiger partial charge in [-0.25, -0.2) is 0 Å². The van der Waals surface area contributed by atoms with Crippen molar-refractivity contribution in [2.45, 2.75) is 33.1 Å². The van der Waals surface area contributed by atoms with Crippen molar-refractivity contribution in [1.82, 2.24) is 4.90 Å². The number of hydrogen-bond acceptors (Lipinski definition) is 3. The molecule has 0 bridgehead atoms. The standard InChI is InChI=1S/C17H24N2O2.ClH/c1-13-3-5-14(6-4-13)15(20)7-8-16(21)19-10-9-17(2,11-18)12-19;/h3-6H,7-12,18H2,1-2H3;1H. The Morgan fingerprint density at radius 3 is 2.41 bits per heavy atom. The molecule has 122 valence electrons. The van der Waals surface area contributed by atoms with Crippen molar-refractivity contribution in [2.24, 2.45) is 11.1 Å². The number of hydrogen-bond donors (Lipinski definition) is 1. The minimum Gasteiger partial charge on any atom is -0.342 e. The van der Waals surface area contributed by atoms with E-state index in [-0.39, 0.29) is 42.4 Å². The number of nitrogens with two attached hydrogens (primary N) is 1. The highest BCUT2D eigenvalue weighted by atomic mass is 35.5. The van der Waals surface area contributed by atoms with Gasteiger partial charge in [-0.3, -0.25) is 9.59 Å². The molecule has 2 rings (SSSR count). The molecule has 0 saturated carbocycles. The second kappa shape index (κ2) is 7.75. The lowest BCUT2D eigenvalue weighted by Gasteiger charge is -2.22. The van der Waals surface area contributed by atoms with Gasteiger partial charge in [0.05, 0.1) is 0 Å². The molecular weight excluding hydrogens is 300 g/mol. The molecule has 1 aromatic carbocycles. The molecule has 1 unspecified atom stereocenters. The maximum atomic E-state index is 12.2. The Morgan fingerprint density at radius 1 is 1.23 bits per heavy atom. The Bertz CT molecular complexity index is 530. The number of ketones is 1. The summed E-state index contributed by atoms with van der Waals surface area (Å²) in [5, 5.41) is 0. The number of likely N-dealkylation sites (tertiary alicyclic amines) is 1. The van der Waals surface area contributed by atoms with Gasteiger partial charge in [0.1, 0.15) is 0 Å². The van der Waals surface area contributed by atoms with Crippen LogP contribution in [0.5, 0.6) is 0 Å². The summed E-state index contributed by atoms with van der Waals surface area (Å²) in [5.41, 5.74) is 7.59. The van der Waals surface area contributed by atoms with E-state index in [2.05, 4.69) is 6.92 Å². The van der Waals surface area contributed by atoms with Crippen molar-refractivity contribution in [3.05, 3.63) is 35.4 Å². The third-order valence-corrected chi connectivity index (χ3v) is 4.34.